The molecule has 176 valence electrons. The van der Waals surface area contributed by atoms with Gasteiger partial charge in [-0.15, -0.1) is 0 Å². The molecule has 1 aliphatic heterocycles. The Bertz CT molecular complexity index is 1250. The average Bonchev–Trinajstić information content (AvgIpc) is 3.22. The van der Waals surface area contributed by atoms with Crippen molar-refractivity contribution in [2.45, 2.75) is 26.1 Å². The first-order chi connectivity index (χ1) is 16.1. The Kier molecular flexibility index (Phi) is 6.54. The highest BCUT2D eigenvalue weighted by Gasteiger charge is 2.43. The van der Waals surface area contributed by atoms with Gasteiger partial charge in [0.1, 0.15) is 6.04 Å². The van der Waals surface area contributed by atoms with E-state index in [4.69, 9.17) is 0 Å². The van der Waals surface area contributed by atoms with Gasteiger partial charge in [-0.1, -0.05) is 23.5 Å². The van der Waals surface area contributed by atoms with Crippen molar-refractivity contribution in [1.82, 2.24) is 20.2 Å². The molecule has 2 aromatic heterocycles. The molecule has 1 aromatic carbocycles. The molecule has 11 heteroatoms. The number of amides is 2. The number of hydrogen-bond acceptors (Lipinski definition) is 6. The van der Waals surface area contributed by atoms with Crippen molar-refractivity contribution in [3.8, 4) is 27.8 Å². The van der Waals surface area contributed by atoms with Crippen LogP contribution in [0, 0.1) is 25.2 Å². The van der Waals surface area contributed by atoms with Crippen molar-refractivity contribution in [1.29, 1.82) is 5.26 Å². The van der Waals surface area contributed by atoms with Crippen LogP contribution in [0.15, 0.2) is 36.4 Å². The van der Waals surface area contributed by atoms with Gasteiger partial charge in [0.05, 0.1) is 22.2 Å². The number of rotatable bonds is 3. The number of nitrogens with zero attached hydrogens (tertiary/aromatic N) is 4. The molecule has 2 N–H and O–H groups in total. The molecule has 34 heavy (non-hydrogen) atoms. The van der Waals surface area contributed by atoms with Crippen molar-refractivity contribution < 1.29 is 18.0 Å². The maximum atomic E-state index is 13.1. The molecule has 0 aliphatic carbocycles. The van der Waals surface area contributed by atoms with Gasteiger partial charge in [0.2, 0.25) is 0 Å². The molecule has 1 aliphatic rings. The topological polar surface area (TPSA) is 93.9 Å². The first kappa shape index (κ1) is 23.7. The van der Waals surface area contributed by atoms with Crippen LogP contribution in [0.5, 0.6) is 0 Å². The van der Waals surface area contributed by atoms with Crippen molar-refractivity contribution >= 4 is 22.5 Å². The first-order valence-electron chi connectivity index (χ1n) is 10.5. The zero-order chi connectivity index (χ0) is 24.5. The van der Waals surface area contributed by atoms with E-state index in [1.54, 1.807) is 18.2 Å². The van der Waals surface area contributed by atoms with Crippen LogP contribution in [0.2, 0.25) is 0 Å². The molecule has 0 unspecified atom stereocenters. The van der Waals surface area contributed by atoms with Gasteiger partial charge in [-0.3, -0.25) is 10.3 Å². The fraction of sp³-hybridized carbons (Fsp3) is 0.304. The Morgan fingerprint density at radius 3 is 2.62 bits per heavy atom. The van der Waals surface area contributed by atoms with E-state index >= 15 is 0 Å². The lowest BCUT2D eigenvalue weighted by atomic mass is 10.0. The molecule has 4 rings (SSSR count). The average molecular weight is 487 g/mol. The molecule has 2 amide bonds. The summed E-state index contributed by atoms with van der Waals surface area (Å²) in [6, 6.07) is 10.4. The van der Waals surface area contributed by atoms with Gasteiger partial charge in [-0.25, -0.2) is 9.78 Å². The number of piperazine rings is 1. The fourth-order valence-electron chi connectivity index (χ4n) is 3.79. The Morgan fingerprint density at radius 2 is 1.94 bits per heavy atom. The summed E-state index contributed by atoms with van der Waals surface area (Å²) in [7, 11) is 0. The Morgan fingerprint density at radius 1 is 1.21 bits per heavy atom. The number of nitriles is 1. The maximum absolute atomic E-state index is 13.1. The van der Waals surface area contributed by atoms with E-state index in [9.17, 15) is 23.2 Å². The highest BCUT2D eigenvalue weighted by Crippen LogP contribution is 2.39. The number of benzene rings is 1. The first-order valence-corrected chi connectivity index (χ1v) is 11.3. The van der Waals surface area contributed by atoms with Crippen LogP contribution >= 0.6 is 11.3 Å². The van der Waals surface area contributed by atoms with Crippen LogP contribution in [0.25, 0.3) is 21.7 Å². The van der Waals surface area contributed by atoms with E-state index < -0.39 is 24.8 Å². The lowest BCUT2D eigenvalue weighted by Gasteiger charge is -2.34. The molecule has 7 nitrogen and oxygen atoms in total. The third-order valence-electron chi connectivity index (χ3n) is 5.31. The fourth-order valence-corrected chi connectivity index (χ4v) is 4.76. The molecular weight excluding hydrogens is 465 g/mol. The number of thiazole rings is 1. The number of alkyl halides is 3. The summed E-state index contributed by atoms with van der Waals surface area (Å²) in [6.07, 6.45) is -4.44. The Balaban J connectivity index is 1.68. The minimum absolute atomic E-state index is 0.0441. The number of carbonyl (C=O) groups is 1. The van der Waals surface area contributed by atoms with Gasteiger partial charge in [0.15, 0.2) is 5.13 Å². The molecule has 1 saturated heterocycles. The number of anilines is 1. The summed E-state index contributed by atoms with van der Waals surface area (Å²) >= 11 is 1.22. The summed E-state index contributed by atoms with van der Waals surface area (Å²) in [5.74, 6) is 0. The predicted octanol–water partition coefficient (Wildman–Crippen LogP) is 4.73. The zero-order valence-corrected chi connectivity index (χ0v) is 19.2. The molecule has 3 aromatic rings. The normalized spacial score (nSPS) is 16.2. The van der Waals surface area contributed by atoms with Crippen molar-refractivity contribution in [3.63, 3.8) is 0 Å². The van der Waals surface area contributed by atoms with Gasteiger partial charge in [0.25, 0.3) is 0 Å². The summed E-state index contributed by atoms with van der Waals surface area (Å²) < 4.78 is 39.3. The molecule has 1 atom stereocenters. The van der Waals surface area contributed by atoms with E-state index in [-0.39, 0.29) is 18.2 Å². The zero-order valence-electron chi connectivity index (χ0n) is 18.4. The van der Waals surface area contributed by atoms with Crippen molar-refractivity contribution in [2.75, 3.05) is 25.0 Å². The number of halogens is 3. The molecule has 0 bridgehead atoms. The molecule has 1 fully saturated rings. The van der Waals surface area contributed by atoms with Crippen LogP contribution in [0.1, 0.15) is 17.0 Å². The van der Waals surface area contributed by atoms with E-state index in [0.29, 0.717) is 16.8 Å². The number of pyridine rings is 1. The van der Waals surface area contributed by atoms with Gasteiger partial charge < -0.3 is 10.2 Å². The van der Waals surface area contributed by atoms with Crippen LogP contribution in [-0.4, -0.2) is 52.8 Å². The standard InChI is InChI=1S/C23H21F3N6OS/c1-13-8-17(9-14(2)29-13)20-19(16-5-3-4-15(10-16)11-27)30-21(34-20)31-22(33)32-7-6-28-18(12-32)23(24,25)26/h3-5,8-10,18,28H,6-7,12H2,1-2H3,(H,30,31,33)/t18-/m1/s1. The van der Waals surface area contributed by atoms with Gasteiger partial charge >= 0.3 is 12.2 Å². The van der Waals surface area contributed by atoms with Gasteiger partial charge in [0, 0.05) is 36.6 Å². The molecular formula is C23H21F3N6OS. The SMILES string of the molecule is Cc1cc(-c2sc(NC(=O)N3CCN[C@@H](C(F)(F)F)C3)nc2-c2cccc(C#N)c2)cc(C)n1. The second kappa shape index (κ2) is 9.40. The summed E-state index contributed by atoms with van der Waals surface area (Å²) in [4.78, 5) is 23.7. The lowest BCUT2D eigenvalue weighted by molar-refractivity contribution is -0.162. The van der Waals surface area contributed by atoms with E-state index in [1.165, 1.54) is 11.3 Å². The summed E-state index contributed by atoms with van der Waals surface area (Å²) in [6.45, 7) is 3.46. The third-order valence-corrected chi connectivity index (χ3v) is 6.33. The number of hydrogen-bond donors (Lipinski definition) is 2. The molecule has 3 heterocycles. The Labute approximate surface area is 198 Å². The van der Waals surface area contributed by atoms with Gasteiger partial charge in [-0.2, -0.15) is 18.4 Å². The van der Waals surface area contributed by atoms with E-state index in [0.717, 1.165) is 26.7 Å². The minimum atomic E-state index is -4.44. The Hall–Kier alpha value is -3.49. The highest BCUT2D eigenvalue weighted by molar-refractivity contribution is 7.19. The quantitative estimate of drug-likeness (QED) is 0.558. The lowest BCUT2D eigenvalue weighted by Crippen LogP contribution is -2.58. The number of carbonyl (C=O) groups excluding carboxylic acids is 1. The number of aromatic nitrogens is 2. The highest BCUT2D eigenvalue weighted by atomic mass is 32.1. The molecule has 0 radical (unpaired) electrons. The van der Waals surface area contributed by atoms with E-state index in [1.807, 2.05) is 32.0 Å². The van der Waals surface area contributed by atoms with E-state index in [2.05, 4.69) is 26.7 Å². The minimum Gasteiger partial charge on any atom is -0.321 e. The summed E-state index contributed by atoms with van der Waals surface area (Å²) in [5.41, 5.74) is 4.19. The molecule has 0 saturated carbocycles. The maximum Gasteiger partial charge on any atom is 0.405 e. The van der Waals surface area contributed by atoms with Crippen molar-refractivity contribution in [3.05, 3.63) is 53.3 Å². The molecule has 0 spiro atoms. The second-order valence-corrected chi connectivity index (χ2v) is 8.95. The number of aryl methyl sites for hydroxylation is 2. The number of urea groups is 1. The van der Waals surface area contributed by atoms with Crippen LogP contribution in [-0.2, 0) is 0 Å². The van der Waals surface area contributed by atoms with Crippen LogP contribution in [0.4, 0.5) is 23.1 Å². The number of nitrogens with one attached hydrogen (secondary N) is 2. The van der Waals surface area contributed by atoms with Gasteiger partial charge in [-0.05, 0) is 43.7 Å². The second-order valence-electron chi connectivity index (χ2n) is 7.95. The summed E-state index contributed by atoms with van der Waals surface area (Å²) in [5, 5.41) is 14.6. The van der Waals surface area contributed by atoms with Crippen LogP contribution < -0.4 is 10.6 Å². The largest absolute Gasteiger partial charge is 0.405 e. The van der Waals surface area contributed by atoms with Crippen molar-refractivity contribution in [2.24, 2.45) is 0 Å². The predicted molar refractivity (Wildman–Crippen MR) is 123 cm³/mol. The van der Waals surface area contributed by atoms with Crippen LogP contribution in [0.3, 0.4) is 0 Å². The monoisotopic (exact) mass is 486 g/mol. The smallest absolute Gasteiger partial charge is 0.321 e. The third kappa shape index (κ3) is 5.18.